The second-order valence-electron chi connectivity index (χ2n) is 11.2. The first-order chi connectivity index (χ1) is 22.0. The predicted molar refractivity (Wildman–Crippen MR) is 135 cm³/mol. The molecule has 0 bridgehead atoms. The summed E-state index contributed by atoms with van der Waals surface area (Å²) in [7, 11) is 0. The zero-order valence-corrected chi connectivity index (χ0v) is 23.9. The van der Waals surface area contributed by atoms with E-state index in [1.807, 2.05) is 0 Å². The van der Waals surface area contributed by atoms with Crippen molar-refractivity contribution in [1.82, 2.24) is 0 Å². The zero-order chi connectivity index (χ0) is 35.1. The lowest BCUT2D eigenvalue weighted by atomic mass is 9.95. The van der Waals surface area contributed by atoms with Crippen molar-refractivity contribution >= 4 is 11.9 Å². The van der Waals surface area contributed by atoms with E-state index in [4.69, 9.17) is 33.2 Å². The number of hydrogen-bond acceptors (Lipinski definition) is 21. The molecule has 0 unspecified atom stereocenters. The van der Waals surface area contributed by atoms with Crippen LogP contribution >= 0.6 is 0 Å². The Kier molecular flexibility index (Phi) is 12.4. The van der Waals surface area contributed by atoms with E-state index in [0.717, 1.165) is 0 Å². The summed E-state index contributed by atoms with van der Waals surface area (Å²) in [6, 6.07) is 0. The Bertz CT molecular complexity index is 1060. The van der Waals surface area contributed by atoms with Gasteiger partial charge in [-0.25, -0.2) is 9.59 Å². The van der Waals surface area contributed by atoms with Crippen molar-refractivity contribution in [3.05, 3.63) is 0 Å². The highest BCUT2D eigenvalue weighted by atomic mass is 16.8. The fourth-order valence-electron chi connectivity index (χ4n) is 5.49. The van der Waals surface area contributed by atoms with Gasteiger partial charge in [0.25, 0.3) is 0 Å². The molecule has 14 N–H and O–H groups in total. The minimum Gasteiger partial charge on any atom is -0.479 e. The number of rotatable bonds is 10. The quantitative estimate of drug-likeness (QED) is 0.101. The molecule has 0 amide bonds. The van der Waals surface area contributed by atoms with E-state index in [-0.39, 0.29) is 0 Å². The van der Waals surface area contributed by atoms with Gasteiger partial charge in [0.05, 0.1) is 13.2 Å². The first-order valence-corrected chi connectivity index (χ1v) is 14.1. The molecule has 0 saturated carbocycles. The van der Waals surface area contributed by atoms with Gasteiger partial charge in [-0.05, 0) is 0 Å². The summed E-state index contributed by atoms with van der Waals surface area (Å²) in [5, 5.41) is 142. The molecule has 0 radical (unpaired) electrons. The van der Waals surface area contributed by atoms with Gasteiger partial charge in [-0.15, -0.1) is 0 Å². The second-order valence-corrected chi connectivity index (χ2v) is 11.2. The SMILES string of the molecule is O=C(O)[C@H]1O[C@H](O[C@@H]2[C@H](O)[C@@H](O)[C@@H](O)O[C@@H]2CO)[C@H](O)[C@@H](O[C@@H]2O[C@H](C(=O)O)[C@@H](O[C@@H]3O[C@H](CO)[C@@H](O)[C@H](O)[C@H]3O)[C@H](O)[C@H]2O)[C@H]1O. The largest absolute Gasteiger partial charge is 0.479 e. The molecule has 20 atom stereocenters. The van der Waals surface area contributed by atoms with E-state index in [9.17, 15) is 81.1 Å². The summed E-state index contributed by atoms with van der Waals surface area (Å²) < 4.78 is 36.4. The van der Waals surface area contributed by atoms with Gasteiger partial charge in [0.2, 0.25) is 0 Å². The lowest BCUT2D eigenvalue weighted by Crippen LogP contribution is -2.68. The first kappa shape index (κ1) is 38.0. The fraction of sp³-hybridized carbons (Fsp3) is 0.917. The molecular formula is C24H38O23. The standard InChI is InChI=1S/C24H38O23/c25-1-3-5(27)6(28)10(32)22(42-3)45-16-8(30)11(33)23(47-18(16)20(38)39)44-15-12(34)17(19(36)37)46-24(13(15)35)43-14-4(2-26)41-21(40)9(31)7(14)29/h3-18,21-35,40H,1-2H2,(H,36,37)(H,38,39)/t3-,4-,5-,6+,7-,8-,9-,10-,11-,12-,13-,14+,15+,16+,17+,18+,21+,22+,23-,24+/m1/s1. The normalized spacial score (nSPS) is 51.0. The Labute approximate surface area is 262 Å². The average molecular weight is 695 g/mol. The third-order valence-corrected chi connectivity index (χ3v) is 8.14. The van der Waals surface area contributed by atoms with E-state index in [1.165, 1.54) is 0 Å². The number of carboxylic acids is 2. The molecule has 0 aromatic rings. The Morgan fingerprint density at radius 3 is 1.49 bits per heavy atom. The molecule has 4 aliphatic heterocycles. The number of carboxylic acid groups (broad SMARTS) is 2. The minimum absolute atomic E-state index is 0.886. The monoisotopic (exact) mass is 694 g/mol. The van der Waals surface area contributed by atoms with Crippen molar-refractivity contribution in [2.45, 2.75) is 123 Å². The van der Waals surface area contributed by atoms with Gasteiger partial charge < -0.3 is 105 Å². The molecule has 4 fully saturated rings. The van der Waals surface area contributed by atoms with Gasteiger partial charge in [-0.3, -0.25) is 0 Å². The highest BCUT2D eigenvalue weighted by molar-refractivity contribution is 5.74. The number of aliphatic carboxylic acids is 2. The van der Waals surface area contributed by atoms with Crippen molar-refractivity contribution in [3.63, 3.8) is 0 Å². The summed E-state index contributed by atoms with van der Waals surface area (Å²) in [5.74, 6) is -3.73. The predicted octanol–water partition coefficient (Wildman–Crippen LogP) is -9.56. The van der Waals surface area contributed by atoms with Crippen LogP contribution in [-0.4, -0.2) is 219 Å². The smallest absolute Gasteiger partial charge is 0.335 e. The van der Waals surface area contributed by atoms with Crippen LogP contribution < -0.4 is 0 Å². The molecule has 0 spiro atoms. The summed E-state index contributed by atoms with van der Waals surface area (Å²) >= 11 is 0. The van der Waals surface area contributed by atoms with Crippen LogP contribution in [0.15, 0.2) is 0 Å². The molecular weight excluding hydrogens is 656 g/mol. The van der Waals surface area contributed by atoms with E-state index < -0.39 is 148 Å². The highest BCUT2D eigenvalue weighted by Gasteiger charge is 2.57. The molecule has 47 heavy (non-hydrogen) atoms. The van der Waals surface area contributed by atoms with Gasteiger partial charge >= 0.3 is 11.9 Å². The molecule has 4 aliphatic rings. The lowest BCUT2D eigenvalue weighted by molar-refractivity contribution is -0.382. The lowest BCUT2D eigenvalue weighted by Gasteiger charge is -2.48. The van der Waals surface area contributed by atoms with Gasteiger partial charge in [0.1, 0.15) is 85.5 Å². The van der Waals surface area contributed by atoms with Crippen molar-refractivity contribution in [3.8, 4) is 0 Å². The van der Waals surface area contributed by atoms with Crippen LogP contribution in [0.2, 0.25) is 0 Å². The molecule has 272 valence electrons. The Morgan fingerprint density at radius 2 is 0.915 bits per heavy atom. The molecule has 0 aromatic carbocycles. The third-order valence-electron chi connectivity index (χ3n) is 8.14. The molecule has 0 aliphatic carbocycles. The van der Waals surface area contributed by atoms with Crippen LogP contribution in [0.4, 0.5) is 0 Å². The number of carbonyl (C=O) groups is 2. The van der Waals surface area contributed by atoms with E-state index >= 15 is 0 Å². The van der Waals surface area contributed by atoms with E-state index in [1.54, 1.807) is 0 Å². The molecule has 4 saturated heterocycles. The maximum Gasteiger partial charge on any atom is 0.335 e. The maximum atomic E-state index is 12.1. The van der Waals surface area contributed by atoms with Gasteiger partial charge in [0.15, 0.2) is 37.4 Å². The molecule has 4 rings (SSSR count). The van der Waals surface area contributed by atoms with Crippen LogP contribution in [0.1, 0.15) is 0 Å². The van der Waals surface area contributed by atoms with Crippen LogP contribution in [-0.2, 0) is 42.7 Å². The maximum absolute atomic E-state index is 12.1. The van der Waals surface area contributed by atoms with Crippen LogP contribution in [0, 0.1) is 0 Å². The number of hydrogen-bond donors (Lipinski definition) is 14. The zero-order valence-electron chi connectivity index (χ0n) is 23.9. The summed E-state index contributed by atoms with van der Waals surface area (Å²) in [6.07, 6.45) is -41.2. The van der Waals surface area contributed by atoms with Crippen molar-refractivity contribution in [2.24, 2.45) is 0 Å². The van der Waals surface area contributed by atoms with Gasteiger partial charge in [-0.1, -0.05) is 0 Å². The van der Waals surface area contributed by atoms with Gasteiger partial charge in [0, 0.05) is 0 Å². The average Bonchev–Trinajstić information content (AvgIpc) is 3.03. The Hall–Kier alpha value is -1.82. The van der Waals surface area contributed by atoms with Crippen LogP contribution in [0.3, 0.4) is 0 Å². The summed E-state index contributed by atoms with van der Waals surface area (Å²) in [5.41, 5.74) is 0. The van der Waals surface area contributed by atoms with E-state index in [2.05, 4.69) is 0 Å². The fourth-order valence-corrected chi connectivity index (χ4v) is 5.49. The Balaban J connectivity index is 1.54. The summed E-state index contributed by atoms with van der Waals surface area (Å²) in [6.45, 7) is -1.81. The second kappa shape index (κ2) is 15.4. The van der Waals surface area contributed by atoms with Crippen molar-refractivity contribution in [1.29, 1.82) is 0 Å². The number of aliphatic hydroxyl groups excluding tert-OH is 12. The Morgan fingerprint density at radius 1 is 0.447 bits per heavy atom. The highest BCUT2D eigenvalue weighted by Crippen LogP contribution is 2.34. The number of aliphatic hydroxyl groups is 12. The molecule has 0 aromatic heterocycles. The van der Waals surface area contributed by atoms with Crippen molar-refractivity contribution in [2.75, 3.05) is 13.2 Å². The first-order valence-electron chi connectivity index (χ1n) is 14.1. The van der Waals surface area contributed by atoms with Crippen molar-refractivity contribution < 1.29 is 114 Å². The topological polar surface area (TPSA) is 382 Å². The number of ether oxygens (including phenoxy) is 7. The third kappa shape index (κ3) is 7.53. The molecule has 23 nitrogen and oxygen atoms in total. The molecule has 23 heteroatoms. The van der Waals surface area contributed by atoms with Crippen LogP contribution in [0.25, 0.3) is 0 Å². The van der Waals surface area contributed by atoms with Gasteiger partial charge in [-0.2, -0.15) is 0 Å². The molecule has 4 heterocycles. The minimum atomic E-state index is -2.31. The van der Waals surface area contributed by atoms with E-state index in [0.29, 0.717) is 0 Å². The summed E-state index contributed by atoms with van der Waals surface area (Å²) in [4.78, 5) is 24.0. The van der Waals surface area contributed by atoms with Crippen LogP contribution in [0.5, 0.6) is 0 Å².